The largest absolute Gasteiger partial charge is 0.467 e. The van der Waals surface area contributed by atoms with E-state index in [0.29, 0.717) is 13.2 Å². The first-order valence-corrected chi connectivity index (χ1v) is 5.01. The lowest BCUT2D eigenvalue weighted by Crippen LogP contribution is -1.93. The molecule has 2 heteroatoms. The molecule has 0 unspecified atom stereocenters. The summed E-state index contributed by atoms with van der Waals surface area (Å²) in [5, 5.41) is 0. The molecule has 0 N–H and O–H groups in total. The van der Waals surface area contributed by atoms with E-state index in [1.807, 2.05) is 31.2 Å². The molecule has 1 heterocycles. The maximum absolute atomic E-state index is 5.55. The number of hydrogen-bond donors (Lipinski definition) is 0. The molecule has 0 radical (unpaired) electrons. The van der Waals surface area contributed by atoms with Gasteiger partial charge in [0.25, 0.3) is 0 Å². The molecule has 1 aromatic heterocycles. The highest BCUT2D eigenvalue weighted by molar-refractivity contribution is 5.15. The average molecular weight is 202 g/mol. The third kappa shape index (κ3) is 2.70. The molecule has 0 fully saturated rings. The predicted molar refractivity (Wildman–Crippen MR) is 58.4 cm³/mol. The number of benzene rings is 1. The molecule has 15 heavy (non-hydrogen) atoms. The van der Waals surface area contributed by atoms with E-state index in [2.05, 4.69) is 12.1 Å². The monoisotopic (exact) mass is 202 g/mol. The summed E-state index contributed by atoms with van der Waals surface area (Å²) in [6, 6.07) is 12.1. The summed E-state index contributed by atoms with van der Waals surface area (Å²) in [5.41, 5.74) is 2.32. The Hall–Kier alpha value is -1.54. The van der Waals surface area contributed by atoms with Crippen LogP contribution in [0.2, 0.25) is 0 Å². The fourth-order valence-corrected chi connectivity index (χ4v) is 1.39. The predicted octanol–water partition coefficient (Wildman–Crippen LogP) is 3.30. The number of ether oxygens (including phenoxy) is 1. The van der Waals surface area contributed by atoms with Gasteiger partial charge in [0.1, 0.15) is 12.4 Å². The number of rotatable bonds is 4. The van der Waals surface area contributed by atoms with E-state index in [0.717, 1.165) is 11.3 Å². The zero-order valence-electron chi connectivity index (χ0n) is 8.77. The fourth-order valence-electron chi connectivity index (χ4n) is 1.39. The Labute approximate surface area is 89.5 Å². The lowest BCUT2D eigenvalue weighted by Gasteiger charge is -2.02. The van der Waals surface area contributed by atoms with Gasteiger partial charge in [-0.25, -0.2) is 0 Å². The van der Waals surface area contributed by atoms with Gasteiger partial charge in [-0.15, -0.1) is 0 Å². The first kappa shape index (κ1) is 9.99. The molecule has 0 saturated carbocycles. The van der Waals surface area contributed by atoms with Gasteiger partial charge >= 0.3 is 0 Å². The Bertz CT molecular complexity index is 403. The second-order valence-corrected chi connectivity index (χ2v) is 3.51. The highest BCUT2D eigenvalue weighted by Gasteiger charge is 2.01. The third-order valence-electron chi connectivity index (χ3n) is 2.31. The van der Waals surface area contributed by atoms with Gasteiger partial charge in [-0.05, 0) is 24.1 Å². The van der Waals surface area contributed by atoms with Crippen molar-refractivity contribution in [2.75, 3.05) is 0 Å². The highest BCUT2D eigenvalue weighted by Crippen LogP contribution is 2.11. The first-order chi connectivity index (χ1) is 7.36. The van der Waals surface area contributed by atoms with Gasteiger partial charge in [0, 0.05) is 0 Å². The van der Waals surface area contributed by atoms with Crippen molar-refractivity contribution in [2.45, 2.75) is 20.1 Å². The van der Waals surface area contributed by atoms with Crippen LogP contribution in [0, 0.1) is 6.92 Å². The SMILES string of the molecule is Cc1ccoc1COCc1ccccc1. The van der Waals surface area contributed by atoms with Gasteiger partial charge in [0.2, 0.25) is 0 Å². The van der Waals surface area contributed by atoms with E-state index in [1.165, 1.54) is 5.56 Å². The Morgan fingerprint density at radius 3 is 2.53 bits per heavy atom. The van der Waals surface area contributed by atoms with Crippen LogP contribution in [-0.2, 0) is 18.0 Å². The summed E-state index contributed by atoms with van der Waals surface area (Å²) < 4.78 is 10.8. The molecule has 2 aromatic rings. The molecular formula is C13H14O2. The van der Waals surface area contributed by atoms with Crippen LogP contribution in [0.25, 0.3) is 0 Å². The quantitative estimate of drug-likeness (QED) is 0.759. The summed E-state index contributed by atoms with van der Waals surface area (Å²) in [4.78, 5) is 0. The van der Waals surface area contributed by atoms with Gasteiger partial charge in [0.05, 0.1) is 12.9 Å². The van der Waals surface area contributed by atoms with Crippen molar-refractivity contribution in [2.24, 2.45) is 0 Å². The smallest absolute Gasteiger partial charge is 0.132 e. The first-order valence-electron chi connectivity index (χ1n) is 5.01. The van der Waals surface area contributed by atoms with Gasteiger partial charge in [-0.2, -0.15) is 0 Å². The zero-order valence-corrected chi connectivity index (χ0v) is 8.77. The maximum atomic E-state index is 5.55. The van der Waals surface area contributed by atoms with Gasteiger partial charge in [-0.3, -0.25) is 0 Å². The molecule has 2 nitrogen and oxygen atoms in total. The molecule has 2 rings (SSSR count). The molecule has 0 atom stereocenters. The van der Waals surface area contributed by atoms with E-state index < -0.39 is 0 Å². The summed E-state index contributed by atoms with van der Waals surface area (Å²) in [7, 11) is 0. The van der Waals surface area contributed by atoms with Gasteiger partial charge in [-0.1, -0.05) is 30.3 Å². The summed E-state index contributed by atoms with van der Waals surface area (Å²) >= 11 is 0. The van der Waals surface area contributed by atoms with E-state index in [-0.39, 0.29) is 0 Å². The van der Waals surface area contributed by atoms with Crippen molar-refractivity contribution in [3.8, 4) is 0 Å². The molecule has 78 valence electrons. The second kappa shape index (κ2) is 4.80. The average Bonchev–Trinajstić information content (AvgIpc) is 2.66. The van der Waals surface area contributed by atoms with Crippen molar-refractivity contribution in [3.63, 3.8) is 0 Å². The number of aryl methyl sites for hydroxylation is 1. The van der Waals surface area contributed by atoms with Crippen LogP contribution < -0.4 is 0 Å². The van der Waals surface area contributed by atoms with Crippen LogP contribution in [0.1, 0.15) is 16.9 Å². The standard InChI is InChI=1S/C13H14O2/c1-11-7-8-15-13(11)10-14-9-12-5-3-2-4-6-12/h2-8H,9-10H2,1H3. The maximum Gasteiger partial charge on any atom is 0.132 e. The summed E-state index contributed by atoms with van der Waals surface area (Å²) in [6.07, 6.45) is 1.69. The molecule has 0 amide bonds. The zero-order chi connectivity index (χ0) is 10.5. The summed E-state index contributed by atoms with van der Waals surface area (Å²) in [6.45, 7) is 3.18. The Kier molecular flexibility index (Phi) is 3.20. The van der Waals surface area contributed by atoms with E-state index in [9.17, 15) is 0 Å². The molecule has 0 aliphatic carbocycles. The molecule has 0 aliphatic rings. The van der Waals surface area contributed by atoms with Crippen molar-refractivity contribution >= 4 is 0 Å². The van der Waals surface area contributed by atoms with E-state index >= 15 is 0 Å². The molecule has 0 saturated heterocycles. The molecule has 1 aromatic carbocycles. The summed E-state index contributed by atoms with van der Waals surface area (Å²) in [5.74, 6) is 0.908. The minimum Gasteiger partial charge on any atom is -0.467 e. The fraction of sp³-hybridized carbons (Fsp3) is 0.231. The van der Waals surface area contributed by atoms with Crippen LogP contribution >= 0.6 is 0 Å². The van der Waals surface area contributed by atoms with Gasteiger partial charge < -0.3 is 9.15 Å². The molecule has 0 aliphatic heterocycles. The van der Waals surface area contributed by atoms with Crippen LogP contribution in [0.15, 0.2) is 47.1 Å². The lowest BCUT2D eigenvalue weighted by molar-refractivity contribution is 0.0924. The minimum atomic E-state index is 0.535. The van der Waals surface area contributed by atoms with Crippen LogP contribution in [0.3, 0.4) is 0 Å². The van der Waals surface area contributed by atoms with Crippen LogP contribution in [-0.4, -0.2) is 0 Å². The Balaban J connectivity index is 1.83. The normalized spacial score (nSPS) is 10.5. The third-order valence-corrected chi connectivity index (χ3v) is 2.31. The van der Waals surface area contributed by atoms with Crippen LogP contribution in [0.4, 0.5) is 0 Å². The molecule has 0 bridgehead atoms. The van der Waals surface area contributed by atoms with E-state index in [1.54, 1.807) is 6.26 Å². The minimum absolute atomic E-state index is 0.535. The topological polar surface area (TPSA) is 22.4 Å². The highest BCUT2D eigenvalue weighted by atomic mass is 16.5. The van der Waals surface area contributed by atoms with Crippen molar-refractivity contribution in [1.82, 2.24) is 0 Å². The van der Waals surface area contributed by atoms with Gasteiger partial charge in [0.15, 0.2) is 0 Å². The number of hydrogen-bond acceptors (Lipinski definition) is 2. The van der Waals surface area contributed by atoms with E-state index in [4.69, 9.17) is 9.15 Å². The van der Waals surface area contributed by atoms with Crippen molar-refractivity contribution in [3.05, 3.63) is 59.5 Å². The Morgan fingerprint density at radius 1 is 1.07 bits per heavy atom. The molecule has 0 spiro atoms. The van der Waals surface area contributed by atoms with Crippen LogP contribution in [0.5, 0.6) is 0 Å². The number of furan rings is 1. The Morgan fingerprint density at radius 2 is 1.87 bits per heavy atom. The molecular weight excluding hydrogens is 188 g/mol. The lowest BCUT2D eigenvalue weighted by atomic mass is 10.2. The second-order valence-electron chi connectivity index (χ2n) is 3.51. The van der Waals surface area contributed by atoms with Crippen molar-refractivity contribution in [1.29, 1.82) is 0 Å². The van der Waals surface area contributed by atoms with Crippen molar-refractivity contribution < 1.29 is 9.15 Å².